The largest absolute Gasteiger partial charge is 0.468 e. The van der Waals surface area contributed by atoms with Crippen molar-refractivity contribution in [2.45, 2.75) is 0 Å². The Balaban J connectivity index is 4.27. The number of hydrogen-bond donors (Lipinski definition) is 0. The molecule has 0 aliphatic heterocycles. The van der Waals surface area contributed by atoms with Crippen molar-refractivity contribution in [3.63, 3.8) is 0 Å². The Labute approximate surface area is 69.9 Å². The molecule has 0 N–H and O–H groups in total. The van der Waals surface area contributed by atoms with Crippen molar-refractivity contribution in [1.29, 1.82) is 5.26 Å². The van der Waals surface area contributed by atoms with Crippen LogP contribution in [0.2, 0.25) is 0 Å². The zero-order valence-electron chi connectivity index (χ0n) is 6.86. The number of hydrogen-bond acceptors (Lipinski definition) is 5. The van der Waals surface area contributed by atoms with Gasteiger partial charge >= 0.3 is 5.97 Å². The number of methoxy groups -OCH3 is 2. The summed E-state index contributed by atoms with van der Waals surface area (Å²) in [4.78, 5) is 21.7. The Bertz CT molecular complexity index is 218. The van der Waals surface area contributed by atoms with E-state index in [9.17, 15) is 9.59 Å². The second-order valence-corrected chi connectivity index (χ2v) is 1.98. The summed E-state index contributed by atoms with van der Waals surface area (Å²) in [5.74, 6) is -2.80. The van der Waals surface area contributed by atoms with Gasteiger partial charge in [0.05, 0.1) is 13.2 Å². The first-order chi connectivity index (χ1) is 5.67. The van der Waals surface area contributed by atoms with Gasteiger partial charge in [0.25, 0.3) is 0 Å². The van der Waals surface area contributed by atoms with Crippen LogP contribution in [-0.4, -0.2) is 32.6 Å². The molecular weight excluding hydrogens is 162 g/mol. The molecule has 0 aromatic rings. The van der Waals surface area contributed by atoms with Gasteiger partial charge in [-0.1, -0.05) is 0 Å². The van der Waals surface area contributed by atoms with Crippen LogP contribution in [0, 0.1) is 17.2 Å². The minimum Gasteiger partial charge on any atom is -0.468 e. The van der Waals surface area contributed by atoms with Gasteiger partial charge in [0, 0.05) is 7.11 Å². The van der Waals surface area contributed by atoms with Crippen LogP contribution in [0.3, 0.4) is 0 Å². The van der Waals surface area contributed by atoms with E-state index in [0.29, 0.717) is 0 Å². The minimum atomic E-state index is -1.37. The molecule has 66 valence electrons. The summed E-state index contributed by atoms with van der Waals surface area (Å²) >= 11 is 0. The summed E-state index contributed by atoms with van der Waals surface area (Å²) in [7, 11) is 2.43. The van der Waals surface area contributed by atoms with Gasteiger partial charge < -0.3 is 9.47 Å². The normalized spacial score (nSPS) is 11.4. The Morgan fingerprint density at radius 3 is 2.42 bits per heavy atom. The van der Waals surface area contributed by atoms with Crippen LogP contribution in [0.25, 0.3) is 0 Å². The molecule has 0 saturated carbocycles. The fourth-order valence-corrected chi connectivity index (χ4v) is 0.600. The molecule has 1 atom stereocenters. The van der Waals surface area contributed by atoms with Crippen LogP contribution in [0.5, 0.6) is 0 Å². The summed E-state index contributed by atoms with van der Waals surface area (Å²) in [6, 6.07) is 1.53. The summed E-state index contributed by atoms with van der Waals surface area (Å²) in [6.07, 6.45) is 0. The van der Waals surface area contributed by atoms with Gasteiger partial charge in [0.15, 0.2) is 5.78 Å². The Hall–Kier alpha value is -1.41. The molecule has 0 fully saturated rings. The molecule has 0 aromatic heterocycles. The highest BCUT2D eigenvalue weighted by atomic mass is 16.5. The average Bonchev–Trinajstić information content (AvgIpc) is 2.06. The number of carbonyl (C=O) groups excluding carboxylic acids is 2. The molecule has 0 radical (unpaired) electrons. The first kappa shape index (κ1) is 10.6. The molecule has 0 spiro atoms. The number of Topliss-reactive ketones (excluding diaryl/α,β-unsaturated/α-hetero) is 1. The average molecular weight is 171 g/mol. The third-order valence-electron chi connectivity index (χ3n) is 1.17. The Morgan fingerprint density at radius 1 is 1.50 bits per heavy atom. The molecule has 0 amide bonds. The number of rotatable bonds is 4. The summed E-state index contributed by atoms with van der Waals surface area (Å²) in [5, 5.41) is 8.40. The molecule has 0 heterocycles. The van der Waals surface area contributed by atoms with Crippen molar-refractivity contribution >= 4 is 11.8 Å². The van der Waals surface area contributed by atoms with Crippen LogP contribution in [0.1, 0.15) is 0 Å². The molecule has 0 bridgehead atoms. The summed E-state index contributed by atoms with van der Waals surface area (Å²) in [6.45, 7) is -0.257. The molecule has 5 heteroatoms. The third-order valence-corrected chi connectivity index (χ3v) is 1.17. The molecular formula is C7H9NO4. The first-order valence-corrected chi connectivity index (χ1v) is 3.16. The Kier molecular flexibility index (Phi) is 4.65. The zero-order valence-corrected chi connectivity index (χ0v) is 6.86. The van der Waals surface area contributed by atoms with Crippen molar-refractivity contribution in [2.24, 2.45) is 5.92 Å². The lowest BCUT2D eigenvalue weighted by Crippen LogP contribution is -2.26. The number of ketones is 1. The number of esters is 1. The van der Waals surface area contributed by atoms with Crippen molar-refractivity contribution in [3.05, 3.63) is 0 Å². The second-order valence-electron chi connectivity index (χ2n) is 1.98. The number of nitriles is 1. The summed E-state index contributed by atoms with van der Waals surface area (Å²) < 4.78 is 8.71. The highest BCUT2D eigenvalue weighted by molar-refractivity contribution is 6.02. The number of ether oxygens (including phenoxy) is 2. The van der Waals surface area contributed by atoms with Crippen LogP contribution in [0.15, 0.2) is 0 Å². The lowest BCUT2D eigenvalue weighted by Gasteiger charge is -2.03. The van der Waals surface area contributed by atoms with Crippen LogP contribution in [-0.2, 0) is 19.1 Å². The van der Waals surface area contributed by atoms with Crippen molar-refractivity contribution < 1.29 is 19.1 Å². The highest BCUT2D eigenvalue weighted by Crippen LogP contribution is 1.99. The molecule has 0 saturated heterocycles. The number of carbonyl (C=O) groups is 2. The van der Waals surface area contributed by atoms with Gasteiger partial charge in [-0.3, -0.25) is 9.59 Å². The second kappa shape index (κ2) is 5.27. The number of nitrogens with zero attached hydrogens (tertiary/aromatic N) is 1. The van der Waals surface area contributed by atoms with Crippen LogP contribution in [0.4, 0.5) is 0 Å². The minimum absolute atomic E-state index is 0.257. The lowest BCUT2D eigenvalue weighted by atomic mass is 10.1. The lowest BCUT2D eigenvalue weighted by molar-refractivity contribution is -0.147. The standard InChI is InChI=1S/C7H9NO4/c1-11-4-6(9)5(3-8)7(10)12-2/h5H,4H2,1-2H3. The van der Waals surface area contributed by atoms with Gasteiger partial charge in [0.1, 0.15) is 6.61 Å². The van der Waals surface area contributed by atoms with Crippen molar-refractivity contribution in [3.8, 4) is 6.07 Å². The van der Waals surface area contributed by atoms with Gasteiger partial charge in [-0.2, -0.15) is 5.26 Å². The van der Waals surface area contributed by atoms with E-state index in [-0.39, 0.29) is 6.61 Å². The maximum atomic E-state index is 10.9. The predicted octanol–water partition coefficient (Wildman–Crippen LogP) is -0.485. The van der Waals surface area contributed by atoms with Gasteiger partial charge in [-0.05, 0) is 0 Å². The molecule has 5 nitrogen and oxygen atoms in total. The predicted molar refractivity (Wildman–Crippen MR) is 38.0 cm³/mol. The topological polar surface area (TPSA) is 76.4 Å². The smallest absolute Gasteiger partial charge is 0.330 e. The monoisotopic (exact) mass is 171 g/mol. The Morgan fingerprint density at radius 2 is 2.08 bits per heavy atom. The van der Waals surface area contributed by atoms with E-state index in [0.717, 1.165) is 7.11 Å². The van der Waals surface area contributed by atoms with E-state index in [1.807, 2.05) is 0 Å². The molecule has 0 aromatic carbocycles. The quantitative estimate of drug-likeness (QED) is 0.421. The van der Waals surface area contributed by atoms with Crippen molar-refractivity contribution in [2.75, 3.05) is 20.8 Å². The van der Waals surface area contributed by atoms with Crippen LogP contribution < -0.4 is 0 Å². The van der Waals surface area contributed by atoms with Crippen LogP contribution >= 0.6 is 0 Å². The molecule has 0 rings (SSSR count). The fourth-order valence-electron chi connectivity index (χ4n) is 0.600. The zero-order chi connectivity index (χ0) is 9.56. The van der Waals surface area contributed by atoms with Gasteiger partial charge in [-0.15, -0.1) is 0 Å². The molecule has 1 unspecified atom stereocenters. The first-order valence-electron chi connectivity index (χ1n) is 3.16. The van der Waals surface area contributed by atoms with E-state index >= 15 is 0 Å². The summed E-state index contributed by atoms with van der Waals surface area (Å²) in [5.41, 5.74) is 0. The van der Waals surface area contributed by atoms with E-state index in [1.165, 1.54) is 13.2 Å². The molecule has 0 aliphatic carbocycles. The highest BCUT2D eigenvalue weighted by Gasteiger charge is 2.26. The van der Waals surface area contributed by atoms with E-state index in [4.69, 9.17) is 5.26 Å². The van der Waals surface area contributed by atoms with Gasteiger partial charge in [-0.25, -0.2) is 0 Å². The maximum Gasteiger partial charge on any atom is 0.330 e. The van der Waals surface area contributed by atoms with E-state index in [1.54, 1.807) is 0 Å². The van der Waals surface area contributed by atoms with E-state index < -0.39 is 17.7 Å². The third kappa shape index (κ3) is 2.68. The molecule has 0 aliphatic rings. The van der Waals surface area contributed by atoms with Crippen molar-refractivity contribution in [1.82, 2.24) is 0 Å². The maximum absolute atomic E-state index is 10.9. The SMILES string of the molecule is COCC(=O)C(C#N)C(=O)OC. The fraction of sp³-hybridized carbons (Fsp3) is 0.571. The van der Waals surface area contributed by atoms with E-state index in [2.05, 4.69) is 9.47 Å². The van der Waals surface area contributed by atoms with Gasteiger partial charge in [0.2, 0.25) is 5.92 Å². The molecule has 12 heavy (non-hydrogen) atoms.